The van der Waals surface area contributed by atoms with Crippen LogP contribution in [0.15, 0.2) is 36.4 Å². The number of nitro benzene ring substituents is 1. The third kappa shape index (κ3) is 3.23. The predicted octanol–water partition coefficient (Wildman–Crippen LogP) is 0.601. The number of carboxylic acids is 1. The quantitative estimate of drug-likeness (QED) is 0.429. The highest BCUT2D eigenvalue weighted by atomic mass is 16.6. The molecule has 2 N–H and O–H groups in total. The highest BCUT2D eigenvalue weighted by Crippen LogP contribution is 2.27. The largest absolute Gasteiger partial charge is 0.872 e. The molecule has 0 atom stereocenters. The Hall–Kier alpha value is -4.28. The number of hydrogen-bond acceptors (Lipinski definition) is 7. The average molecular weight is 384 g/mol. The minimum atomic E-state index is -1.44. The molecule has 0 aromatic heterocycles. The fourth-order valence-corrected chi connectivity index (χ4v) is 2.68. The Kier molecular flexibility index (Phi) is 4.49. The lowest BCUT2D eigenvalue weighted by molar-refractivity contribution is -0.384. The van der Waals surface area contributed by atoms with Crippen LogP contribution in [0.25, 0.3) is 0 Å². The van der Waals surface area contributed by atoms with E-state index in [0.29, 0.717) is 4.90 Å². The van der Waals surface area contributed by atoms with Gasteiger partial charge in [-0.1, -0.05) is 12.1 Å². The smallest absolute Gasteiger partial charge is 0.337 e. The molecule has 0 saturated heterocycles. The van der Waals surface area contributed by atoms with E-state index < -0.39 is 46.5 Å². The maximum atomic E-state index is 12.4. The summed E-state index contributed by atoms with van der Waals surface area (Å²) in [4.78, 5) is 58.7. The van der Waals surface area contributed by atoms with E-state index in [1.54, 1.807) is 0 Å². The average Bonchev–Trinajstić information content (AvgIpc) is 2.87. The van der Waals surface area contributed by atoms with Crippen LogP contribution in [0.5, 0.6) is 5.75 Å². The van der Waals surface area contributed by atoms with Crippen LogP contribution < -0.4 is 10.4 Å². The lowest BCUT2D eigenvalue weighted by atomic mass is 10.1. The van der Waals surface area contributed by atoms with Gasteiger partial charge >= 0.3 is 5.97 Å². The minimum absolute atomic E-state index is 0.0784. The van der Waals surface area contributed by atoms with Crippen LogP contribution in [-0.4, -0.2) is 45.2 Å². The number of amides is 3. The van der Waals surface area contributed by atoms with Gasteiger partial charge in [0.1, 0.15) is 6.54 Å². The van der Waals surface area contributed by atoms with Gasteiger partial charge < -0.3 is 15.5 Å². The second-order valence-electron chi connectivity index (χ2n) is 5.74. The zero-order valence-corrected chi connectivity index (χ0v) is 13.9. The summed E-state index contributed by atoms with van der Waals surface area (Å²) in [5, 5.41) is 33.4. The van der Waals surface area contributed by atoms with Crippen molar-refractivity contribution in [3.63, 3.8) is 0 Å². The summed E-state index contributed by atoms with van der Waals surface area (Å²) in [6, 6.07) is 6.10. The van der Waals surface area contributed by atoms with E-state index in [1.165, 1.54) is 0 Å². The van der Waals surface area contributed by atoms with Gasteiger partial charge in [0.15, 0.2) is 0 Å². The van der Waals surface area contributed by atoms with Crippen LogP contribution in [0, 0.1) is 10.1 Å². The van der Waals surface area contributed by atoms with Gasteiger partial charge in [0.2, 0.25) is 5.91 Å². The number of carbonyl (C=O) groups is 4. The van der Waals surface area contributed by atoms with E-state index in [9.17, 15) is 34.4 Å². The number of hydrogen-bond donors (Lipinski definition) is 2. The molecule has 28 heavy (non-hydrogen) atoms. The summed E-state index contributed by atoms with van der Waals surface area (Å²) < 4.78 is 0. The predicted molar refractivity (Wildman–Crippen MR) is 89.9 cm³/mol. The molecule has 0 unspecified atom stereocenters. The maximum absolute atomic E-state index is 12.4. The second-order valence-corrected chi connectivity index (χ2v) is 5.74. The Morgan fingerprint density at radius 1 is 1.07 bits per heavy atom. The van der Waals surface area contributed by atoms with Gasteiger partial charge in [0.25, 0.3) is 17.5 Å². The number of aromatic carboxylic acids is 1. The third-order valence-corrected chi connectivity index (χ3v) is 3.96. The number of imide groups is 1. The Bertz CT molecular complexity index is 1060. The first-order valence-electron chi connectivity index (χ1n) is 7.68. The molecule has 1 aliphatic heterocycles. The van der Waals surface area contributed by atoms with Crippen molar-refractivity contribution >= 4 is 35.1 Å². The van der Waals surface area contributed by atoms with Crippen LogP contribution in [0.3, 0.4) is 0 Å². The van der Waals surface area contributed by atoms with E-state index in [2.05, 4.69) is 5.32 Å². The molecule has 1 heterocycles. The molecule has 11 heteroatoms. The summed E-state index contributed by atoms with van der Waals surface area (Å²) in [5.74, 6) is -4.59. The number of carbonyl (C=O) groups excluding carboxylic acids is 3. The number of benzene rings is 2. The SMILES string of the molecule is O=C(CN1C(=O)c2ccc([N+](=O)[O-])cc2C1=O)Nc1ccc([O-])cc1C(=O)O. The van der Waals surface area contributed by atoms with Gasteiger partial charge in [-0.15, -0.1) is 5.75 Å². The molecule has 0 bridgehead atoms. The lowest BCUT2D eigenvalue weighted by Gasteiger charge is -2.15. The Labute approximate surface area is 156 Å². The first-order chi connectivity index (χ1) is 13.2. The van der Waals surface area contributed by atoms with Gasteiger partial charge in [-0.25, -0.2) is 4.79 Å². The normalized spacial score (nSPS) is 12.6. The molecular weight excluding hydrogens is 374 g/mol. The third-order valence-electron chi connectivity index (χ3n) is 3.96. The van der Waals surface area contributed by atoms with Crippen LogP contribution in [0.2, 0.25) is 0 Å². The first-order valence-corrected chi connectivity index (χ1v) is 7.68. The zero-order valence-electron chi connectivity index (χ0n) is 13.9. The topological polar surface area (TPSA) is 170 Å². The molecule has 0 radical (unpaired) electrons. The standard InChI is InChI=1S/C17H11N3O8/c21-9-2-4-13(12(6-9)17(25)26)18-14(22)7-19-15(23)10-3-1-8(20(27)28)5-11(10)16(19)24/h1-6,21H,7H2,(H,18,22)(H,25,26)/p-1. The fraction of sp³-hybridized carbons (Fsp3) is 0.0588. The first kappa shape index (κ1) is 18.5. The number of anilines is 1. The number of non-ortho nitro benzene ring substituents is 1. The van der Waals surface area contributed by atoms with Crippen molar-refractivity contribution in [2.75, 3.05) is 11.9 Å². The highest BCUT2D eigenvalue weighted by molar-refractivity contribution is 6.23. The molecule has 0 aliphatic carbocycles. The molecule has 2 aromatic carbocycles. The van der Waals surface area contributed by atoms with Crippen LogP contribution in [-0.2, 0) is 4.79 Å². The van der Waals surface area contributed by atoms with Crippen molar-refractivity contribution in [2.45, 2.75) is 0 Å². The molecule has 3 amide bonds. The second kappa shape index (κ2) is 6.79. The molecule has 142 valence electrons. The van der Waals surface area contributed by atoms with Gasteiger partial charge in [0, 0.05) is 12.1 Å². The summed E-state index contributed by atoms with van der Waals surface area (Å²) in [6.45, 7) is -0.738. The van der Waals surface area contributed by atoms with Gasteiger partial charge in [-0.3, -0.25) is 29.4 Å². The molecule has 0 spiro atoms. The van der Waals surface area contributed by atoms with E-state index >= 15 is 0 Å². The van der Waals surface area contributed by atoms with Gasteiger partial charge in [-0.2, -0.15) is 0 Å². The van der Waals surface area contributed by atoms with Crippen molar-refractivity contribution < 1.29 is 34.3 Å². The Balaban J connectivity index is 1.80. The van der Waals surface area contributed by atoms with E-state index in [0.717, 1.165) is 36.4 Å². The number of nitrogens with zero attached hydrogens (tertiary/aromatic N) is 2. The fourth-order valence-electron chi connectivity index (χ4n) is 2.68. The molecule has 2 aromatic rings. The Morgan fingerprint density at radius 3 is 2.39 bits per heavy atom. The minimum Gasteiger partial charge on any atom is -0.872 e. The molecule has 0 saturated carbocycles. The van der Waals surface area contributed by atoms with Crippen LogP contribution in [0.4, 0.5) is 11.4 Å². The van der Waals surface area contributed by atoms with Crippen molar-refractivity contribution in [3.8, 4) is 5.75 Å². The number of rotatable bonds is 5. The molecule has 11 nitrogen and oxygen atoms in total. The van der Waals surface area contributed by atoms with Crippen molar-refractivity contribution in [2.24, 2.45) is 0 Å². The molecule has 3 rings (SSSR count). The number of fused-ring (bicyclic) bond motifs is 1. The van der Waals surface area contributed by atoms with Crippen LogP contribution >= 0.6 is 0 Å². The summed E-state index contributed by atoms with van der Waals surface area (Å²) >= 11 is 0. The van der Waals surface area contributed by atoms with Crippen LogP contribution in [0.1, 0.15) is 31.1 Å². The summed E-state index contributed by atoms with van der Waals surface area (Å²) in [6.07, 6.45) is 0. The Morgan fingerprint density at radius 2 is 1.75 bits per heavy atom. The molecule has 1 aliphatic rings. The number of carboxylic acid groups (broad SMARTS) is 1. The van der Waals surface area contributed by atoms with E-state index in [-0.39, 0.29) is 22.5 Å². The summed E-state index contributed by atoms with van der Waals surface area (Å²) in [5.41, 5.74) is -1.28. The monoisotopic (exact) mass is 384 g/mol. The van der Waals surface area contributed by atoms with E-state index in [1.807, 2.05) is 0 Å². The molecular formula is C17H10N3O8-. The van der Waals surface area contributed by atoms with Crippen molar-refractivity contribution in [3.05, 3.63) is 63.2 Å². The van der Waals surface area contributed by atoms with Gasteiger partial charge in [0.05, 0.1) is 27.3 Å². The maximum Gasteiger partial charge on any atom is 0.337 e. The van der Waals surface area contributed by atoms with Gasteiger partial charge in [-0.05, 0) is 12.1 Å². The van der Waals surface area contributed by atoms with Crippen molar-refractivity contribution in [1.29, 1.82) is 0 Å². The highest BCUT2D eigenvalue weighted by Gasteiger charge is 2.37. The number of nitrogens with one attached hydrogen (secondary N) is 1. The lowest BCUT2D eigenvalue weighted by Crippen LogP contribution is -2.37. The number of nitro groups is 1. The zero-order chi connectivity index (χ0) is 20.6. The van der Waals surface area contributed by atoms with E-state index in [4.69, 9.17) is 5.11 Å². The van der Waals surface area contributed by atoms with Crippen molar-refractivity contribution in [1.82, 2.24) is 4.90 Å². The molecule has 0 fully saturated rings. The summed E-state index contributed by atoms with van der Waals surface area (Å²) in [7, 11) is 0.